The molecule has 0 fully saturated rings. The summed E-state index contributed by atoms with van der Waals surface area (Å²) in [5.74, 6) is 0.667. The number of nitrogens with one attached hydrogen (secondary N) is 2. The van der Waals surface area contributed by atoms with E-state index >= 15 is 0 Å². The van der Waals surface area contributed by atoms with Crippen LogP contribution in [0.4, 0.5) is 11.8 Å². The largest absolute Gasteiger partial charge is 0.368 e. The van der Waals surface area contributed by atoms with Crippen LogP contribution in [0.3, 0.4) is 0 Å². The zero-order valence-electron chi connectivity index (χ0n) is 11.8. The van der Waals surface area contributed by atoms with Crippen molar-refractivity contribution in [2.45, 2.75) is 26.8 Å². The lowest BCUT2D eigenvalue weighted by atomic mass is 10.3. The number of anilines is 2. The van der Waals surface area contributed by atoms with E-state index in [1.165, 1.54) is 6.33 Å². The lowest BCUT2D eigenvalue weighted by Crippen LogP contribution is -2.40. The summed E-state index contributed by atoms with van der Waals surface area (Å²) >= 11 is 0. The number of likely N-dealkylation sites (N-methyl/N-ethyl adjacent to an activating group) is 1. The highest BCUT2D eigenvalue weighted by atomic mass is 16.2. The van der Waals surface area contributed by atoms with Crippen LogP contribution in [-0.4, -0.2) is 45.0 Å². The van der Waals surface area contributed by atoms with Crippen LogP contribution in [0.5, 0.6) is 0 Å². The van der Waals surface area contributed by atoms with E-state index in [2.05, 4.69) is 25.3 Å². The van der Waals surface area contributed by atoms with E-state index in [-0.39, 0.29) is 24.4 Å². The van der Waals surface area contributed by atoms with E-state index in [1.54, 1.807) is 0 Å². The molecule has 0 unspecified atom stereocenters. The number of imidazole rings is 1. The molecule has 8 nitrogen and oxygen atoms in total. The van der Waals surface area contributed by atoms with Crippen LogP contribution < -0.4 is 16.0 Å². The summed E-state index contributed by atoms with van der Waals surface area (Å²) in [4.78, 5) is 29.0. The van der Waals surface area contributed by atoms with Gasteiger partial charge in [0.1, 0.15) is 5.52 Å². The van der Waals surface area contributed by atoms with Gasteiger partial charge in [0.2, 0.25) is 11.9 Å². The second kappa shape index (κ2) is 5.72. The molecule has 2 heterocycles. The molecule has 8 heteroatoms. The van der Waals surface area contributed by atoms with Crippen LogP contribution in [-0.2, 0) is 4.79 Å². The number of nitrogens with zero attached hydrogens (tertiary/aromatic N) is 4. The Labute approximate surface area is 116 Å². The van der Waals surface area contributed by atoms with Crippen LogP contribution in [0.1, 0.15) is 20.8 Å². The third-order valence-corrected chi connectivity index (χ3v) is 2.75. The van der Waals surface area contributed by atoms with Gasteiger partial charge in [-0.15, -0.1) is 0 Å². The van der Waals surface area contributed by atoms with E-state index in [0.29, 0.717) is 23.5 Å². The average molecular weight is 277 g/mol. The minimum absolute atomic E-state index is 0.0632. The van der Waals surface area contributed by atoms with Gasteiger partial charge in [-0.3, -0.25) is 4.79 Å². The number of carbonyl (C=O) groups is 1. The molecule has 2 aromatic heterocycles. The fourth-order valence-corrected chi connectivity index (χ4v) is 1.94. The Morgan fingerprint density at radius 1 is 1.50 bits per heavy atom. The van der Waals surface area contributed by atoms with Gasteiger partial charge in [-0.25, -0.2) is 4.98 Å². The first-order valence-electron chi connectivity index (χ1n) is 6.52. The Kier molecular flexibility index (Phi) is 4.02. The maximum Gasteiger partial charge on any atom is 0.239 e. The standard InChI is InChI=1S/C12H19N7O/c1-4-19(5-8(20)16-7(2)3)11-9-10(15-6-14-9)17-12(13)18-11/h6-7H,4-5H2,1-3H3,(H,16,20)(H3,13,14,15,17,18). The van der Waals surface area contributed by atoms with Crippen molar-refractivity contribution in [3.05, 3.63) is 6.33 Å². The molecule has 0 spiro atoms. The first kappa shape index (κ1) is 14.0. The zero-order chi connectivity index (χ0) is 14.7. The topological polar surface area (TPSA) is 113 Å². The first-order valence-corrected chi connectivity index (χ1v) is 6.52. The van der Waals surface area contributed by atoms with Crippen LogP contribution >= 0.6 is 0 Å². The summed E-state index contributed by atoms with van der Waals surface area (Å²) in [6.45, 7) is 6.62. The molecule has 108 valence electrons. The molecule has 0 aromatic carbocycles. The summed E-state index contributed by atoms with van der Waals surface area (Å²) in [6.07, 6.45) is 1.53. The SMILES string of the molecule is CCN(CC(=O)NC(C)C)c1nc(N)nc2nc[nH]c12. The molecule has 0 aliphatic carbocycles. The fourth-order valence-electron chi connectivity index (χ4n) is 1.94. The van der Waals surface area contributed by atoms with E-state index in [1.807, 2.05) is 25.7 Å². The Bertz CT molecular complexity index is 607. The molecular formula is C12H19N7O. The molecule has 2 aromatic rings. The van der Waals surface area contributed by atoms with Gasteiger partial charge in [0.25, 0.3) is 0 Å². The third kappa shape index (κ3) is 2.95. The highest BCUT2D eigenvalue weighted by Crippen LogP contribution is 2.21. The van der Waals surface area contributed by atoms with Crippen molar-refractivity contribution < 1.29 is 4.79 Å². The van der Waals surface area contributed by atoms with Gasteiger partial charge in [-0.05, 0) is 20.8 Å². The van der Waals surface area contributed by atoms with Crippen LogP contribution in [0, 0.1) is 0 Å². The smallest absolute Gasteiger partial charge is 0.239 e. The van der Waals surface area contributed by atoms with Gasteiger partial charge >= 0.3 is 0 Å². The summed E-state index contributed by atoms with van der Waals surface area (Å²) < 4.78 is 0. The van der Waals surface area contributed by atoms with Gasteiger partial charge in [0.05, 0.1) is 12.9 Å². The highest BCUT2D eigenvalue weighted by molar-refractivity contribution is 5.88. The molecule has 0 saturated carbocycles. The van der Waals surface area contributed by atoms with Crippen molar-refractivity contribution in [1.29, 1.82) is 0 Å². The lowest BCUT2D eigenvalue weighted by molar-refractivity contribution is -0.120. The molecule has 0 saturated heterocycles. The van der Waals surface area contributed by atoms with Crippen molar-refractivity contribution >= 4 is 28.8 Å². The van der Waals surface area contributed by atoms with Gasteiger partial charge in [0.15, 0.2) is 11.5 Å². The molecule has 4 N–H and O–H groups in total. The summed E-state index contributed by atoms with van der Waals surface area (Å²) in [5.41, 5.74) is 6.86. The number of rotatable bonds is 5. The van der Waals surface area contributed by atoms with Gasteiger partial charge in [-0.1, -0.05) is 0 Å². The quantitative estimate of drug-likeness (QED) is 0.724. The summed E-state index contributed by atoms with van der Waals surface area (Å²) in [5, 5.41) is 2.85. The van der Waals surface area contributed by atoms with Crippen molar-refractivity contribution in [3.63, 3.8) is 0 Å². The molecule has 2 rings (SSSR count). The molecule has 0 atom stereocenters. The number of nitrogen functional groups attached to an aromatic ring is 1. The van der Waals surface area contributed by atoms with Crippen molar-refractivity contribution in [2.75, 3.05) is 23.7 Å². The normalized spacial score (nSPS) is 11.0. The number of H-pyrrole nitrogens is 1. The van der Waals surface area contributed by atoms with E-state index in [4.69, 9.17) is 5.73 Å². The van der Waals surface area contributed by atoms with Crippen molar-refractivity contribution in [2.24, 2.45) is 0 Å². The maximum atomic E-state index is 11.9. The second-order valence-corrected chi connectivity index (χ2v) is 4.74. The Morgan fingerprint density at radius 3 is 2.90 bits per heavy atom. The van der Waals surface area contributed by atoms with Crippen LogP contribution in [0.25, 0.3) is 11.2 Å². The monoisotopic (exact) mass is 277 g/mol. The molecule has 20 heavy (non-hydrogen) atoms. The number of nitrogens with two attached hydrogens (primary N) is 1. The molecule has 0 aliphatic heterocycles. The predicted molar refractivity (Wildman–Crippen MR) is 77.3 cm³/mol. The Hall–Kier alpha value is -2.38. The first-order chi connectivity index (χ1) is 9.51. The molecule has 0 radical (unpaired) electrons. The highest BCUT2D eigenvalue weighted by Gasteiger charge is 2.17. The number of hydrogen-bond donors (Lipinski definition) is 3. The number of amides is 1. The number of aromatic amines is 1. The Balaban J connectivity index is 2.29. The van der Waals surface area contributed by atoms with Gasteiger partial charge < -0.3 is 20.9 Å². The van der Waals surface area contributed by atoms with Gasteiger partial charge in [-0.2, -0.15) is 9.97 Å². The second-order valence-electron chi connectivity index (χ2n) is 4.74. The van der Waals surface area contributed by atoms with Gasteiger partial charge in [0, 0.05) is 12.6 Å². The number of carbonyl (C=O) groups excluding carboxylic acids is 1. The van der Waals surface area contributed by atoms with E-state index in [9.17, 15) is 4.79 Å². The van der Waals surface area contributed by atoms with Crippen LogP contribution in [0.15, 0.2) is 6.33 Å². The predicted octanol–water partition coefficient (Wildman–Crippen LogP) is 0.286. The van der Waals surface area contributed by atoms with E-state index in [0.717, 1.165) is 0 Å². The average Bonchev–Trinajstić information content (AvgIpc) is 2.82. The Morgan fingerprint density at radius 2 is 2.25 bits per heavy atom. The third-order valence-electron chi connectivity index (χ3n) is 2.75. The minimum atomic E-state index is -0.0632. The molecule has 0 bridgehead atoms. The number of fused-ring (bicyclic) bond motifs is 1. The summed E-state index contributed by atoms with van der Waals surface area (Å²) in [6, 6.07) is 0.101. The fraction of sp³-hybridized carbons (Fsp3) is 0.500. The van der Waals surface area contributed by atoms with Crippen LogP contribution in [0.2, 0.25) is 0 Å². The zero-order valence-corrected chi connectivity index (χ0v) is 11.8. The lowest BCUT2D eigenvalue weighted by Gasteiger charge is -2.22. The number of aromatic nitrogens is 4. The number of hydrogen-bond acceptors (Lipinski definition) is 6. The molecule has 0 aliphatic rings. The molecular weight excluding hydrogens is 258 g/mol. The summed E-state index contributed by atoms with van der Waals surface area (Å²) in [7, 11) is 0. The minimum Gasteiger partial charge on any atom is -0.368 e. The van der Waals surface area contributed by atoms with E-state index < -0.39 is 0 Å². The molecule has 1 amide bonds. The van der Waals surface area contributed by atoms with Crippen molar-refractivity contribution in [3.8, 4) is 0 Å². The maximum absolute atomic E-state index is 11.9. The van der Waals surface area contributed by atoms with Crippen molar-refractivity contribution in [1.82, 2.24) is 25.3 Å².